The molecule has 0 spiro atoms. The van der Waals surface area contributed by atoms with E-state index >= 15 is 0 Å². The van der Waals surface area contributed by atoms with Crippen molar-refractivity contribution in [2.24, 2.45) is 0 Å². The lowest BCUT2D eigenvalue weighted by molar-refractivity contribution is 0.0322. The molecule has 3 aromatic rings. The smallest absolute Gasteiger partial charge is 0.127 e. The zero-order chi connectivity index (χ0) is 40.5. The third-order valence-electron chi connectivity index (χ3n) is 10.5. The van der Waals surface area contributed by atoms with E-state index in [1.807, 2.05) is 12.1 Å². The van der Waals surface area contributed by atoms with Gasteiger partial charge >= 0.3 is 0 Å². The Morgan fingerprint density at radius 2 is 1.12 bits per heavy atom. The number of morpholine rings is 3. The van der Waals surface area contributed by atoms with E-state index in [2.05, 4.69) is 69.2 Å². The maximum absolute atomic E-state index is 13.6. The Morgan fingerprint density at radius 3 is 1.66 bits per heavy atom. The van der Waals surface area contributed by atoms with Gasteiger partial charge in [-0.05, 0) is 94.3 Å². The van der Waals surface area contributed by atoms with Gasteiger partial charge in [0.25, 0.3) is 0 Å². The van der Waals surface area contributed by atoms with Crippen LogP contribution in [-0.4, -0.2) is 120 Å². The second-order valence-corrected chi connectivity index (χ2v) is 16.7. The zero-order valence-corrected chi connectivity index (χ0v) is 35.2. The van der Waals surface area contributed by atoms with Crippen molar-refractivity contribution < 1.29 is 32.1 Å². The molecule has 0 saturated carbocycles. The van der Waals surface area contributed by atoms with Crippen LogP contribution in [0.5, 0.6) is 5.75 Å². The van der Waals surface area contributed by atoms with Crippen molar-refractivity contribution in [2.45, 2.75) is 78.6 Å². The molecule has 0 atom stereocenters. The Kier molecular flexibility index (Phi) is 19.1. The van der Waals surface area contributed by atoms with Gasteiger partial charge in [0.2, 0.25) is 0 Å². The van der Waals surface area contributed by atoms with Crippen LogP contribution >= 0.6 is 0 Å². The van der Waals surface area contributed by atoms with Gasteiger partial charge in [0.1, 0.15) is 29.8 Å². The molecule has 0 radical (unpaired) electrons. The average molecular weight is 784 g/mol. The van der Waals surface area contributed by atoms with Crippen LogP contribution in [0.25, 0.3) is 0 Å². The number of halogens is 3. The average Bonchev–Trinajstić information content (AvgIpc) is 3.17. The summed E-state index contributed by atoms with van der Waals surface area (Å²) in [5.74, 6) is 0.886. The molecule has 7 nitrogen and oxygen atoms in total. The molecule has 0 amide bonds. The van der Waals surface area contributed by atoms with E-state index in [4.69, 9.17) is 18.9 Å². The van der Waals surface area contributed by atoms with Gasteiger partial charge in [0.15, 0.2) is 0 Å². The van der Waals surface area contributed by atoms with Crippen molar-refractivity contribution >= 4 is 0 Å². The minimum Gasteiger partial charge on any atom is -0.492 e. The molecule has 3 saturated heterocycles. The molecule has 0 unspecified atom stereocenters. The molecule has 3 heterocycles. The fourth-order valence-electron chi connectivity index (χ4n) is 6.90. The van der Waals surface area contributed by atoms with Crippen LogP contribution in [0.2, 0.25) is 0 Å². The van der Waals surface area contributed by atoms with Gasteiger partial charge < -0.3 is 18.9 Å². The lowest BCUT2D eigenvalue weighted by Gasteiger charge is -2.27. The standard InChI is InChI=1S/C16H24FNO2.2C15H22FNO/c1-16(2,3)13-10-14(17)12-15(11-13)20-9-6-18-4-7-19-8-5-18;1-12(2)14-9-13(10-15(16)11-14)3-4-17-5-7-18-8-6-17;1-12(2)15-11-14(16)4-3-13(15)5-6-17-7-9-18-10-8-17/h10-12H,4-9H2,1-3H3;9-12H,3-8H2,1-2H3;3-4,11-12H,5-10H2,1-2H3. The molecule has 56 heavy (non-hydrogen) atoms. The van der Waals surface area contributed by atoms with E-state index in [1.54, 1.807) is 30.3 Å². The first kappa shape index (κ1) is 45.7. The molecule has 3 aliphatic heterocycles. The Hall–Kier alpha value is -2.99. The summed E-state index contributed by atoms with van der Waals surface area (Å²) >= 11 is 0. The van der Waals surface area contributed by atoms with E-state index in [0.29, 0.717) is 24.2 Å². The number of nitrogens with zero attached hydrogens (tertiary/aromatic N) is 3. The molecule has 0 aromatic heterocycles. The largest absolute Gasteiger partial charge is 0.492 e. The zero-order valence-electron chi connectivity index (χ0n) is 35.2. The lowest BCUT2D eigenvalue weighted by Crippen LogP contribution is -2.38. The highest BCUT2D eigenvalue weighted by atomic mass is 19.1. The van der Waals surface area contributed by atoms with Gasteiger partial charge in [-0.25, -0.2) is 13.2 Å². The van der Waals surface area contributed by atoms with Crippen LogP contribution in [-0.2, 0) is 32.5 Å². The van der Waals surface area contributed by atoms with Crippen LogP contribution in [0.3, 0.4) is 0 Å². The van der Waals surface area contributed by atoms with Gasteiger partial charge in [-0.2, -0.15) is 0 Å². The van der Waals surface area contributed by atoms with Crippen molar-refractivity contribution in [3.63, 3.8) is 0 Å². The van der Waals surface area contributed by atoms with Crippen molar-refractivity contribution in [3.8, 4) is 5.75 Å². The highest BCUT2D eigenvalue weighted by Crippen LogP contribution is 2.27. The molecule has 0 bridgehead atoms. The van der Waals surface area contributed by atoms with Gasteiger partial charge in [0.05, 0.1) is 39.6 Å². The molecule has 0 N–H and O–H groups in total. The molecule has 3 aliphatic rings. The SMILES string of the molecule is CC(C)(C)c1cc(F)cc(OCCN2CCOCC2)c1.CC(C)c1cc(F)cc(CCN2CCOCC2)c1.CC(C)c1cc(F)ccc1CCN1CCOCC1. The van der Waals surface area contributed by atoms with Gasteiger partial charge in [-0.3, -0.25) is 14.7 Å². The van der Waals surface area contributed by atoms with Crippen LogP contribution < -0.4 is 4.74 Å². The molecule has 0 aliphatic carbocycles. The predicted octanol–water partition coefficient (Wildman–Crippen LogP) is 8.48. The first-order chi connectivity index (χ1) is 26.8. The fraction of sp³-hybridized carbons (Fsp3) is 0.609. The van der Waals surface area contributed by atoms with Gasteiger partial charge in [-0.1, -0.05) is 60.6 Å². The van der Waals surface area contributed by atoms with Crippen molar-refractivity contribution in [1.82, 2.24) is 14.7 Å². The Labute approximate surface area is 335 Å². The first-order valence-electron chi connectivity index (χ1n) is 20.7. The van der Waals surface area contributed by atoms with Crippen LogP contribution in [0.4, 0.5) is 13.2 Å². The summed E-state index contributed by atoms with van der Waals surface area (Å²) in [5, 5.41) is 0. The summed E-state index contributed by atoms with van der Waals surface area (Å²) in [4.78, 5) is 7.09. The minimum atomic E-state index is -0.237. The predicted molar refractivity (Wildman–Crippen MR) is 221 cm³/mol. The third-order valence-corrected chi connectivity index (χ3v) is 10.5. The van der Waals surface area contributed by atoms with E-state index in [0.717, 1.165) is 134 Å². The Balaban J connectivity index is 0.000000187. The maximum atomic E-state index is 13.6. The molecule has 6 rings (SSSR count). The Morgan fingerprint density at radius 1 is 0.589 bits per heavy atom. The highest BCUT2D eigenvalue weighted by Gasteiger charge is 2.17. The summed E-state index contributed by atoms with van der Waals surface area (Å²) in [7, 11) is 0. The third kappa shape index (κ3) is 16.5. The number of benzene rings is 3. The van der Waals surface area contributed by atoms with E-state index in [1.165, 1.54) is 11.6 Å². The second kappa shape index (κ2) is 23.4. The lowest BCUT2D eigenvalue weighted by atomic mass is 9.87. The molecule has 3 fully saturated rings. The summed E-state index contributed by atoms with van der Waals surface area (Å²) in [5.41, 5.74) is 5.49. The molecular formula is C46H68F3N3O4. The molecule has 3 aromatic carbocycles. The quantitative estimate of drug-likeness (QED) is 0.183. The van der Waals surface area contributed by atoms with Crippen LogP contribution in [0.1, 0.15) is 88.1 Å². The Bertz CT molecular complexity index is 1580. The number of rotatable bonds is 12. The first-order valence-corrected chi connectivity index (χ1v) is 20.7. The van der Waals surface area contributed by atoms with Crippen molar-refractivity contribution in [3.05, 3.63) is 99.9 Å². The monoisotopic (exact) mass is 784 g/mol. The van der Waals surface area contributed by atoms with Crippen molar-refractivity contribution in [1.29, 1.82) is 0 Å². The molecule has 10 heteroatoms. The normalized spacial score (nSPS) is 17.3. The van der Waals surface area contributed by atoms with Crippen molar-refractivity contribution in [2.75, 3.05) is 105 Å². The molecular weight excluding hydrogens is 716 g/mol. The number of ether oxygens (including phenoxy) is 4. The summed E-state index contributed by atoms with van der Waals surface area (Å²) < 4.78 is 62.1. The highest BCUT2D eigenvalue weighted by molar-refractivity contribution is 5.34. The van der Waals surface area contributed by atoms with Crippen LogP contribution in [0.15, 0.2) is 54.6 Å². The number of hydrogen-bond donors (Lipinski definition) is 0. The molecule has 312 valence electrons. The van der Waals surface area contributed by atoms with Gasteiger partial charge in [-0.15, -0.1) is 0 Å². The van der Waals surface area contributed by atoms with E-state index in [9.17, 15) is 13.2 Å². The minimum absolute atomic E-state index is 0.0789. The second-order valence-electron chi connectivity index (χ2n) is 16.7. The number of hydrogen-bond acceptors (Lipinski definition) is 7. The van der Waals surface area contributed by atoms with Gasteiger partial charge in [0, 0.05) is 65.0 Å². The summed E-state index contributed by atoms with van der Waals surface area (Å²) in [6.07, 6.45) is 1.91. The topological polar surface area (TPSA) is 46.6 Å². The summed E-state index contributed by atoms with van der Waals surface area (Å²) in [6.45, 7) is 28.9. The fourth-order valence-corrected chi connectivity index (χ4v) is 6.90. The van der Waals surface area contributed by atoms with Crippen LogP contribution in [0, 0.1) is 17.5 Å². The van der Waals surface area contributed by atoms with E-state index < -0.39 is 0 Å². The maximum Gasteiger partial charge on any atom is 0.127 e. The van der Waals surface area contributed by atoms with E-state index in [-0.39, 0.29) is 22.9 Å². The summed E-state index contributed by atoms with van der Waals surface area (Å²) in [6, 6.07) is 15.6.